The summed E-state index contributed by atoms with van der Waals surface area (Å²) in [5, 5.41) is 3.36. The minimum atomic E-state index is -0.0597. The van der Waals surface area contributed by atoms with Crippen LogP contribution in [0.3, 0.4) is 0 Å². The number of rotatable bonds is 3. The van der Waals surface area contributed by atoms with Gasteiger partial charge in [0.05, 0.1) is 29.5 Å². The Hall–Kier alpha value is -0.620. The lowest BCUT2D eigenvalue weighted by molar-refractivity contribution is -0.121. The summed E-state index contributed by atoms with van der Waals surface area (Å²) in [7, 11) is 0. The van der Waals surface area contributed by atoms with Crippen molar-refractivity contribution in [2.24, 2.45) is 0 Å². The molecule has 1 aromatic carbocycles. The van der Waals surface area contributed by atoms with Gasteiger partial charge in [-0.05, 0) is 32.0 Å². The van der Waals surface area contributed by atoms with E-state index >= 15 is 0 Å². The number of carbonyl (C=O) groups excluding carboxylic acids is 1. The number of amides is 1. The van der Waals surface area contributed by atoms with Gasteiger partial charge in [0, 0.05) is 17.6 Å². The van der Waals surface area contributed by atoms with E-state index in [2.05, 4.69) is 26.1 Å². The first kappa shape index (κ1) is 15.8. The Morgan fingerprint density at radius 1 is 1.45 bits per heavy atom. The Kier molecular flexibility index (Phi) is 5.43. The SMILES string of the molecule is C[C@H]1CN(CC(=O)Nc2ccc(Br)cc2Cl)C[C@H](C)O1. The third kappa shape index (κ3) is 4.45. The van der Waals surface area contributed by atoms with Crippen LogP contribution in [0.4, 0.5) is 5.69 Å². The van der Waals surface area contributed by atoms with Crippen LogP contribution in [0, 0.1) is 0 Å². The quantitative estimate of drug-likeness (QED) is 0.899. The molecule has 0 unspecified atom stereocenters. The summed E-state index contributed by atoms with van der Waals surface area (Å²) >= 11 is 9.42. The van der Waals surface area contributed by atoms with Gasteiger partial charge in [0.2, 0.25) is 5.91 Å². The number of benzene rings is 1. The normalized spacial score (nSPS) is 23.6. The first-order valence-electron chi connectivity index (χ1n) is 6.56. The Morgan fingerprint density at radius 2 is 2.10 bits per heavy atom. The molecule has 1 aromatic rings. The van der Waals surface area contributed by atoms with Gasteiger partial charge >= 0.3 is 0 Å². The second-order valence-electron chi connectivity index (χ2n) is 5.12. The lowest BCUT2D eigenvalue weighted by Crippen LogP contribution is -2.48. The molecule has 20 heavy (non-hydrogen) atoms. The smallest absolute Gasteiger partial charge is 0.238 e. The van der Waals surface area contributed by atoms with Gasteiger partial charge in [-0.2, -0.15) is 0 Å². The van der Waals surface area contributed by atoms with Crippen LogP contribution in [0.5, 0.6) is 0 Å². The monoisotopic (exact) mass is 360 g/mol. The summed E-state index contributed by atoms with van der Waals surface area (Å²) in [5.41, 5.74) is 0.634. The fourth-order valence-electron chi connectivity index (χ4n) is 2.40. The van der Waals surface area contributed by atoms with Gasteiger partial charge < -0.3 is 10.1 Å². The molecule has 1 saturated heterocycles. The molecular formula is C14H18BrClN2O2. The van der Waals surface area contributed by atoms with Crippen LogP contribution in [-0.4, -0.2) is 42.6 Å². The molecule has 1 aliphatic heterocycles. The number of hydrogen-bond acceptors (Lipinski definition) is 3. The van der Waals surface area contributed by atoms with Crippen LogP contribution in [0.1, 0.15) is 13.8 Å². The molecule has 0 radical (unpaired) electrons. The summed E-state index contributed by atoms with van der Waals surface area (Å²) in [6, 6.07) is 5.39. The van der Waals surface area contributed by atoms with Crippen LogP contribution in [-0.2, 0) is 9.53 Å². The van der Waals surface area contributed by atoms with Crippen molar-refractivity contribution in [1.29, 1.82) is 0 Å². The molecule has 1 aliphatic rings. The molecule has 2 atom stereocenters. The number of carbonyl (C=O) groups is 1. The summed E-state index contributed by atoms with van der Waals surface area (Å²) < 4.78 is 6.53. The van der Waals surface area contributed by atoms with Crippen LogP contribution in [0.25, 0.3) is 0 Å². The molecule has 1 heterocycles. The number of halogens is 2. The van der Waals surface area contributed by atoms with Crippen molar-refractivity contribution in [2.75, 3.05) is 25.0 Å². The van der Waals surface area contributed by atoms with Gasteiger partial charge in [0.15, 0.2) is 0 Å². The largest absolute Gasteiger partial charge is 0.373 e. The molecule has 1 N–H and O–H groups in total. The molecule has 0 aromatic heterocycles. The highest BCUT2D eigenvalue weighted by atomic mass is 79.9. The van der Waals surface area contributed by atoms with Gasteiger partial charge in [-0.3, -0.25) is 9.69 Å². The zero-order valence-electron chi connectivity index (χ0n) is 11.5. The van der Waals surface area contributed by atoms with Crippen LogP contribution >= 0.6 is 27.5 Å². The summed E-state index contributed by atoms with van der Waals surface area (Å²) in [4.78, 5) is 14.2. The van der Waals surface area contributed by atoms with Crippen LogP contribution < -0.4 is 5.32 Å². The fourth-order valence-corrected chi connectivity index (χ4v) is 3.12. The number of morpholine rings is 1. The van der Waals surface area contributed by atoms with E-state index in [1.165, 1.54) is 0 Å². The Morgan fingerprint density at radius 3 is 2.70 bits per heavy atom. The fraction of sp³-hybridized carbons (Fsp3) is 0.500. The zero-order chi connectivity index (χ0) is 14.7. The third-order valence-corrected chi connectivity index (χ3v) is 3.87. The van der Waals surface area contributed by atoms with Crippen molar-refractivity contribution in [1.82, 2.24) is 4.90 Å². The van der Waals surface area contributed by atoms with Crippen molar-refractivity contribution < 1.29 is 9.53 Å². The number of hydrogen-bond donors (Lipinski definition) is 1. The maximum absolute atomic E-state index is 12.1. The van der Waals surface area contributed by atoms with E-state index in [9.17, 15) is 4.79 Å². The van der Waals surface area contributed by atoms with E-state index < -0.39 is 0 Å². The molecular weight excluding hydrogens is 344 g/mol. The molecule has 0 bridgehead atoms. The number of nitrogens with zero attached hydrogens (tertiary/aromatic N) is 1. The zero-order valence-corrected chi connectivity index (χ0v) is 13.9. The van der Waals surface area contributed by atoms with Crippen molar-refractivity contribution in [3.05, 3.63) is 27.7 Å². The predicted molar refractivity (Wildman–Crippen MR) is 84.2 cm³/mol. The molecule has 0 saturated carbocycles. The summed E-state index contributed by atoms with van der Waals surface area (Å²) in [6.07, 6.45) is 0.311. The summed E-state index contributed by atoms with van der Waals surface area (Å²) in [5.74, 6) is -0.0597. The van der Waals surface area contributed by atoms with Crippen molar-refractivity contribution in [2.45, 2.75) is 26.1 Å². The minimum Gasteiger partial charge on any atom is -0.373 e. The lowest BCUT2D eigenvalue weighted by atomic mass is 10.2. The predicted octanol–water partition coefficient (Wildman–Crippen LogP) is 3.15. The van der Waals surface area contributed by atoms with Gasteiger partial charge in [0.25, 0.3) is 0 Å². The number of nitrogens with one attached hydrogen (secondary N) is 1. The Labute approximate surface area is 132 Å². The van der Waals surface area contributed by atoms with E-state index in [0.717, 1.165) is 17.6 Å². The molecule has 2 rings (SSSR count). The molecule has 1 amide bonds. The van der Waals surface area contributed by atoms with E-state index in [1.807, 2.05) is 19.9 Å². The maximum atomic E-state index is 12.1. The second kappa shape index (κ2) is 6.89. The molecule has 0 spiro atoms. The first-order valence-corrected chi connectivity index (χ1v) is 7.74. The number of ether oxygens (including phenoxy) is 1. The number of anilines is 1. The Bertz CT molecular complexity index is 488. The summed E-state index contributed by atoms with van der Waals surface area (Å²) in [6.45, 7) is 5.93. The van der Waals surface area contributed by atoms with E-state index in [0.29, 0.717) is 17.3 Å². The average Bonchev–Trinajstić information content (AvgIpc) is 2.31. The van der Waals surface area contributed by atoms with Gasteiger partial charge in [-0.25, -0.2) is 0 Å². The maximum Gasteiger partial charge on any atom is 0.238 e. The molecule has 1 fully saturated rings. The lowest BCUT2D eigenvalue weighted by Gasteiger charge is -2.34. The third-order valence-electron chi connectivity index (χ3n) is 3.07. The highest BCUT2D eigenvalue weighted by molar-refractivity contribution is 9.10. The topological polar surface area (TPSA) is 41.6 Å². The highest BCUT2D eigenvalue weighted by Crippen LogP contribution is 2.25. The van der Waals surface area contributed by atoms with Crippen molar-refractivity contribution in [3.8, 4) is 0 Å². The van der Waals surface area contributed by atoms with Crippen molar-refractivity contribution >= 4 is 39.1 Å². The minimum absolute atomic E-state index is 0.0597. The van der Waals surface area contributed by atoms with E-state index in [4.69, 9.17) is 16.3 Å². The highest BCUT2D eigenvalue weighted by Gasteiger charge is 2.23. The molecule has 4 nitrogen and oxygen atoms in total. The first-order chi connectivity index (χ1) is 9.44. The van der Waals surface area contributed by atoms with E-state index in [-0.39, 0.29) is 18.1 Å². The Balaban J connectivity index is 1.92. The van der Waals surface area contributed by atoms with Crippen LogP contribution in [0.15, 0.2) is 22.7 Å². The van der Waals surface area contributed by atoms with E-state index in [1.54, 1.807) is 12.1 Å². The molecule has 6 heteroatoms. The van der Waals surface area contributed by atoms with Gasteiger partial charge in [-0.1, -0.05) is 27.5 Å². The van der Waals surface area contributed by atoms with Crippen LogP contribution in [0.2, 0.25) is 5.02 Å². The van der Waals surface area contributed by atoms with Gasteiger partial charge in [-0.15, -0.1) is 0 Å². The van der Waals surface area contributed by atoms with Crippen molar-refractivity contribution in [3.63, 3.8) is 0 Å². The molecule has 0 aliphatic carbocycles. The standard InChI is InChI=1S/C14H18BrClN2O2/c1-9-6-18(7-10(2)20-9)8-14(19)17-13-4-3-11(15)5-12(13)16/h3-5,9-10H,6-8H2,1-2H3,(H,17,19)/t9-,10-/m0/s1. The average molecular weight is 362 g/mol. The molecule has 110 valence electrons. The van der Waals surface area contributed by atoms with Gasteiger partial charge in [0.1, 0.15) is 0 Å². The second-order valence-corrected chi connectivity index (χ2v) is 6.45.